The summed E-state index contributed by atoms with van der Waals surface area (Å²) in [6, 6.07) is 15.5. The molecule has 32 heavy (non-hydrogen) atoms. The fraction of sp³-hybridized carbons (Fsp3) is 0.0909. The molecule has 10 heteroatoms. The summed E-state index contributed by atoms with van der Waals surface area (Å²) in [7, 11) is -3.92. The normalized spacial score (nSPS) is 11.2. The molecule has 0 heterocycles. The lowest BCUT2D eigenvalue weighted by molar-refractivity contribution is 0.0698. The van der Waals surface area contributed by atoms with Crippen molar-refractivity contribution in [1.29, 1.82) is 0 Å². The molecule has 7 nitrogen and oxygen atoms in total. The van der Waals surface area contributed by atoms with Crippen LogP contribution in [0.2, 0.25) is 5.02 Å². The van der Waals surface area contributed by atoms with Gasteiger partial charge < -0.3 is 10.4 Å². The second-order valence-corrected chi connectivity index (χ2v) is 9.92. The van der Waals surface area contributed by atoms with E-state index in [-0.39, 0.29) is 33.8 Å². The molecule has 0 aliphatic heterocycles. The molecule has 3 rings (SSSR count). The molecule has 0 saturated carbocycles. The van der Waals surface area contributed by atoms with E-state index in [1.165, 1.54) is 37.3 Å². The minimum absolute atomic E-state index is 0.0478. The van der Waals surface area contributed by atoms with Gasteiger partial charge in [0.2, 0.25) is 10.0 Å². The highest BCUT2D eigenvalue weighted by Crippen LogP contribution is 2.24. The molecule has 0 fully saturated rings. The van der Waals surface area contributed by atoms with E-state index in [0.717, 1.165) is 5.56 Å². The number of carboxylic acids is 1. The topological polar surface area (TPSA) is 113 Å². The number of hydrogen-bond donors (Lipinski definition) is 3. The Kier molecular flexibility index (Phi) is 7.35. The van der Waals surface area contributed by atoms with E-state index < -0.39 is 21.9 Å². The molecule has 0 radical (unpaired) electrons. The molecule has 0 saturated heterocycles. The number of sulfonamides is 1. The van der Waals surface area contributed by atoms with Crippen molar-refractivity contribution in [2.45, 2.75) is 18.4 Å². The monoisotopic (exact) mass is 536 g/mol. The molecule has 0 atom stereocenters. The smallest absolute Gasteiger partial charge is 0.337 e. The van der Waals surface area contributed by atoms with Gasteiger partial charge in [0.05, 0.1) is 16.1 Å². The van der Waals surface area contributed by atoms with Crippen molar-refractivity contribution in [2.24, 2.45) is 0 Å². The fourth-order valence-electron chi connectivity index (χ4n) is 3.00. The van der Waals surface area contributed by atoms with Crippen molar-refractivity contribution >= 4 is 55.1 Å². The predicted octanol–water partition coefficient (Wildman–Crippen LogP) is 4.84. The van der Waals surface area contributed by atoms with Gasteiger partial charge in [-0.05, 0) is 60.5 Å². The molecular weight excluding hydrogens is 520 g/mol. The average molecular weight is 538 g/mol. The first-order valence-electron chi connectivity index (χ1n) is 9.26. The van der Waals surface area contributed by atoms with Crippen LogP contribution in [0.15, 0.2) is 70.0 Å². The second kappa shape index (κ2) is 9.83. The van der Waals surface area contributed by atoms with E-state index in [1.807, 2.05) is 0 Å². The molecule has 0 aromatic heterocycles. The Bertz CT molecular complexity index is 1290. The van der Waals surface area contributed by atoms with Gasteiger partial charge in [-0.1, -0.05) is 45.7 Å². The predicted molar refractivity (Wildman–Crippen MR) is 126 cm³/mol. The third-order valence-electron chi connectivity index (χ3n) is 4.66. The van der Waals surface area contributed by atoms with Crippen LogP contribution in [0.4, 0.5) is 5.69 Å². The van der Waals surface area contributed by atoms with Crippen LogP contribution >= 0.6 is 27.5 Å². The third-order valence-corrected chi connectivity index (χ3v) is 6.95. The minimum atomic E-state index is -3.92. The maximum absolute atomic E-state index is 12.9. The Morgan fingerprint density at radius 1 is 1.03 bits per heavy atom. The van der Waals surface area contributed by atoms with Crippen LogP contribution in [0.5, 0.6) is 0 Å². The third kappa shape index (κ3) is 5.55. The number of rotatable bonds is 7. The summed E-state index contributed by atoms with van der Waals surface area (Å²) in [6.07, 6.45) is 0. The van der Waals surface area contributed by atoms with E-state index in [2.05, 4.69) is 26.0 Å². The molecule has 0 spiro atoms. The molecule has 0 unspecified atom stereocenters. The largest absolute Gasteiger partial charge is 0.478 e. The molecule has 0 bridgehead atoms. The lowest BCUT2D eigenvalue weighted by Crippen LogP contribution is -2.25. The van der Waals surface area contributed by atoms with E-state index in [0.29, 0.717) is 9.50 Å². The molecule has 0 aliphatic rings. The van der Waals surface area contributed by atoms with E-state index in [4.69, 9.17) is 11.6 Å². The number of benzene rings is 3. The van der Waals surface area contributed by atoms with Crippen molar-refractivity contribution in [2.75, 3.05) is 5.32 Å². The highest BCUT2D eigenvalue weighted by atomic mass is 79.9. The SMILES string of the molecule is Cc1c(C(=O)Nc2ccc(Br)cc2C(=O)O)cccc1S(=O)(=O)NCc1ccc(Cl)cc1. The van der Waals surface area contributed by atoms with Crippen molar-refractivity contribution in [3.8, 4) is 0 Å². The van der Waals surface area contributed by atoms with Gasteiger partial charge in [-0.3, -0.25) is 4.79 Å². The first-order valence-corrected chi connectivity index (χ1v) is 11.9. The van der Waals surface area contributed by atoms with Gasteiger partial charge in [0.25, 0.3) is 5.91 Å². The maximum atomic E-state index is 12.9. The summed E-state index contributed by atoms with van der Waals surface area (Å²) in [4.78, 5) is 24.3. The Balaban J connectivity index is 1.85. The molecular formula is C22H18BrClN2O5S. The lowest BCUT2D eigenvalue weighted by Gasteiger charge is -2.14. The number of nitrogens with one attached hydrogen (secondary N) is 2. The molecule has 3 aromatic carbocycles. The van der Waals surface area contributed by atoms with E-state index in [9.17, 15) is 23.1 Å². The second-order valence-electron chi connectivity index (χ2n) is 6.83. The number of hydrogen-bond acceptors (Lipinski definition) is 4. The van der Waals surface area contributed by atoms with Gasteiger partial charge in [-0.2, -0.15) is 0 Å². The highest BCUT2D eigenvalue weighted by molar-refractivity contribution is 9.10. The molecule has 3 aromatic rings. The van der Waals surface area contributed by atoms with Crippen LogP contribution < -0.4 is 10.0 Å². The number of amides is 1. The summed E-state index contributed by atoms with van der Waals surface area (Å²) in [5.74, 6) is -1.83. The number of carboxylic acid groups (broad SMARTS) is 1. The number of aromatic carboxylic acids is 1. The zero-order valence-corrected chi connectivity index (χ0v) is 19.9. The van der Waals surface area contributed by atoms with Gasteiger partial charge in [0.15, 0.2) is 0 Å². The van der Waals surface area contributed by atoms with Gasteiger partial charge in [0.1, 0.15) is 0 Å². The van der Waals surface area contributed by atoms with Crippen molar-refractivity contribution in [3.05, 3.63) is 92.4 Å². The summed E-state index contributed by atoms with van der Waals surface area (Å²) in [5, 5.41) is 12.5. The van der Waals surface area contributed by atoms with Crippen LogP contribution in [0.1, 0.15) is 31.8 Å². The molecule has 0 aliphatic carbocycles. The van der Waals surface area contributed by atoms with Gasteiger partial charge in [-0.25, -0.2) is 17.9 Å². The number of carbonyl (C=O) groups is 2. The fourth-order valence-corrected chi connectivity index (χ4v) is 4.77. The molecule has 1 amide bonds. The number of anilines is 1. The lowest BCUT2D eigenvalue weighted by atomic mass is 10.1. The Morgan fingerprint density at radius 3 is 2.38 bits per heavy atom. The van der Waals surface area contributed by atoms with E-state index >= 15 is 0 Å². The van der Waals surface area contributed by atoms with Crippen molar-refractivity contribution in [3.63, 3.8) is 0 Å². The van der Waals surface area contributed by atoms with Crippen LogP contribution in [0, 0.1) is 6.92 Å². The van der Waals surface area contributed by atoms with Crippen molar-refractivity contribution in [1.82, 2.24) is 4.72 Å². The van der Waals surface area contributed by atoms with Crippen LogP contribution in [-0.4, -0.2) is 25.4 Å². The number of carbonyl (C=O) groups excluding carboxylic acids is 1. The molecule has 3 N–H and O–H groups in total. The van der Waals surface area contributed by atoms with Crippen molar-refractivity contribution < 1.29 is 23.1 Å². The van der Waals surface area contributed by atoms with Crippen LogP contribution in [0.25, 0.3) is 0 Å². The van der Waals surface area contributed by atoms with Gasteiger partial charge in [0, 0.05) is 21.6 Å². The maximum Gasteiger partial charge on any atom is 0.337 e. The van der Waals surface area contributed by atoms with E-state index in [1.54, 1.807) is 30.3 Å². The summed E-state index contributed by atoms with van der Waals surface area (Å²) in [5.41, 5.74) is 1.07. The minimum Gasteiger partial charge on any atom is -0.478 e. The highest BCUT2D eigenvalue weighted by Gasteiger charge is 2.22. The summed E-state index contributed by atoms with van der Waals surface area (Å²) >= 11 is 9.04. The molecule has 166 valence electrons. The van der Waals surface area contributed by atoms with Gasteiger partial charge in [-0.15, -0.1) is 0 Å². The zero-order chi connectivity index (χ0) is 23.5. The quantitative estimate of drug-likeness (QED) is 0.399. The van der Waals surface area contributed by atoms with Crippen LogP contribution in [0.3, 0.4) is 0 Å². The standard InChI is InChI=1S/C22H18BrClN2O5S/c1-13-17(21(27)26-19-10-7-15(23)11-18(19)22(28)29)3-2-4-20(13)32(30,31)25-12-14-5-8-16(24)9-6-14/h2-11,25H,12H2,1H3,(H,26,27)(H,28,29). The van der Waals surface area contributed by atoms with Crippen LogP contribution in [-0.2, 0) is 16.6 Å². The van der Waals surface area contributed by atoms with Gasteiger partial charge >= 0.3 is 5.97 Å². The first kappa shape index (κ1) is 23.9. The number of halogens is 2. The first-order chi connectivity index (χ1) is 15.1. The summed E-state index contributed by atoms with van der Waals surface area (Å²) < 4.78 is 28.8. The zero-order valence-electron chi connectivity index (χ0n) is 16.7. The summed E-state index contributed by atoms with van der Waals surface area (Å²) in [6.45, 7) is 1.57. The average Bonchev–Trinajstić information content (AvgIpc) is 2.74. The Morgan fingerprint density at radius 2 is 1.72 bits per heavy atom. The Labute approximate surface area is 198 Å². The Hall–Kier alpha value is -2.72.